The molecule has 1 atom stereocenters. The minimum absolute atomic E-state index is 0.293. The number of aliphatic hydroxyl groups excluding tert-OH is 1. The van der Waals surface area contributed by atoms with Crippen molar-refractivity contribution in [1.82, 2.24) is 15.1 Å². The van der Waals surface area contributed by atoms with Gasteiger partial charge in [0.2, 0.25) is 0 Å². The van der Waals surface area contributed by atoms with Crippen molar-refractivity contribution in [1.29, 1.82) is 0 Å². The van der Waals surface area contributed by atoms with Crippen LogP contribution in [0.5, 0.6) is 0 Å². The lowest BCUT2D eigenvalue weighted by Crippen LogP contribution is -2.50. The standard InChI is InChI=1S/C12H25N3O/c1-12(2-3-13-10-12)11-15-6-4-14(5-7-15)8-9-16/h13,16H,2-11H2,1H3. The van der Waals surface area contributed by atoms with E-state index in [1.807, 2.05) is 0 Å². The van der Waals surface area contributed by atoms with Gasteiger partial charge >= 0.3 is 0 Å². The summed E-state index contributed by atoms with van der Waals surface area (Å²) in [4.78, 5) is 4.94. The molecule has 2 heterocycles. The van der Waals surface area contributed by atoms with E-state index < -0.39 is 0 Å². The molecule has 0 saturated carbocycles. The molecule has 0 aliphatic carbocycles. The molecule has 94 valence electrons. The van der Waals surface area contributed by atoms with Gasteiger partial charge in [-0.15, -0.1) is 0 Å². The number of piperazine rings is 1. The maximum Gasteiger partial charge on any atom is 0.0558 e. The van der Waals surface area contributed by atoms with Crippen molar-refractivity contribution < 1.29 is 5.11 Å². The Morgan fingerprint density at radius 2 is 1.88 bits per heavy atom. The fourth-order valence-electron chi connectivity index (χ4n) is 2.86. The largest absolute Gasteiger partial charge is 0.395 e. The molecule has 0 spiro atoms. The Hall–Kier alpha value is -0.160. The van der Waals surface area contributed by atoms with E-state index in [1.54, 1.807) is 0 Å². The van der Waals surface area contributed by atoms with Gasteiger partial charge in [0.15, 0.2) is 0 Å². The SMILES string of the molecule is CC1(CN2CCN(CCO)CC2)CCNC1. The van der Waals surface area contributed by atoms with Crippen LogP contribution in [-0.2, 0) is 0 Å². The molecule has 0 aromatic heterocycles. The van der Waals surface area contributed by atoms with E-state index >= 15 is 0 Å². The van der Waals surface area contributed by atoms with Crippen molar-refractivity contribution in [3.8, 4) is 0 Å². The van der Waals surface area contributed by atoms with Crippen LogP contribution in [0.4, 0.5) is 0 Å². The van der Waals surface area contributed by atoms with Crippen LogP contribution in [0.25, 0.3) is 0 Å². The molecule has 0 amide bonds. The zero-order valence-corrected chi connectivity index (χ0v) is 10.4. The molecule has 0 aromatic carbocycles. The molecule has 1 unspecified atom stereocenters. The van der Waals surface area contributed by atoms with Gasteiger partial charge in [-0.1, -0.05) is 6.92 Å². The summed E-state index contributed by atoms with van der Waals surface area (Å²) in [5.41, 5.74) is 0.485. The molecule has 2 saturated heterocycles. The first-order chi connectivity index (χ1) is 7.72. The van der Waals surface area contributed by atoms with E-state index in [9.17, 15) is 0 Å². The summed E-state index contributed by atoms with van der Waals surface area (Å²) in [6.07, 6.45) is 1.31. The van der Waals surface area contributed by atoms with Crippen LogP contribution in [-0.4, -0.2) is 73.9 Å². The van der Waals surface area contributed by atoms with E-state index in [0.29, 0.717) is 12.0 Å². The van der Waals surface area contributed by atoms with Gasteiger partial charge < -0.3 is 15.3 Å². The van der Waals surface area contributed by atoms with Crippen LogP contribution in [0.1, 0.15) is 13.3 Å². The average Bonchev–Trinajstić information content (AvgIpc) is 2.68. The smallest absolute Gasteiger partial charge is 0.0558 e. The van der Waals surface area contributed by atoms with Crippen LogP contribution < -0.4 is 5.32 Å². The second-order valence-electron chi connectivity index (χ2n) is 5.58. The predicted octanol–water partition coefficient (Wildman–Crippen LogP) is -0.404. The number of rotatable bonds is 4. The van der Waals surface area contributed by atoms with E-state index in [4.69, 9.17) is 5.11 Å². The Kier molecular flexibility index (Phi) is 4.19. The number of hydrogen-bond donors (Lipinski definition) is 2. The van der Waals surface area contributed by atoms with Gasteiger partial charge in [-0.05, 0) is 18.4 Å². The molecule has 0 aromatic rings. The van der Waals surface area contributed by atoms with Gasteiger partial charge in [0.25, 0.3) is 0 Å². The van der Waals surface area contributed by atoms with Crippen LogP contribution in [0.2, 0.25) is 0 Å². The first-order valence-corrected chi connectivity index (χ1v) is 6.48. The second kappa shape index (κ2) is 5.45. The Labute approximate surface area is 98.6 Å². The number of nitrogens with zero attached hydrogens (tertiary/aromatic N) is 2. The summed E-state index contributed by atoms with van der Waals surface area (Å²) in [7, 11) is 0. The molecule has 16 heavy (non-hydrogen) atoms. The lowest BCUT2D eigenvalue weighted by Gasteiger charge is -2.38. The predicted molar refractivity (Wildman–Crippen MR) is 65.6 cm³/mol. The van der Waals surface area contributed by atoms with Crippen molar-refractivity contribution in [2.24, 2.45) is 5.41 Å². The van der Waals surface area contributed by atoms with Crippen molar-refractivity contribution >= 4 is 0 Å². The molecule has 0 bridgehead atoms. The van der Waals surface area contributed by atoms with Crippen LogP contribution in [0, 0.1) is 5.41 Å². The quantitative estimate of drug-likeness (QED) is 0.685. The molecule has 4 nitrogen and oxygen atoms in total. The Morgan fingerprint density at radius 1 is 1.19 bits per heavy atom. The Morgan fingerprint density at radius 3 is 2.44 bits per heavy atom. The normalized spacial score (nSPS) is 33.4. The van der Waals surface area contributed by atoms with E-state index in [2.05, 4.69) is 22.0 Å². The van der Waals surface area contributed by atoms with Gasteiger partial charge in [-0.25, -0.2) is 0 Å². The molecule has 2 aliphatic rings. The summed E-state index contributed by atoms with van der Waals surface area (Å²) in [6, 6.07) is 0. The first-order valence-electron chi connectivity index (χ1n) is 6.48. The summed E-state index contributed by atoms with van der Waals surface area (Å²) < 4.78 is 0. The molecular weight excluding hydrogens is 202 g/mol. The fraction of sp³-hybridized carbons (Fsp3) is 1.00. The number of hydrogen-bond acceptors (Lipinski definition) is 4. The number of aliphatic hydroxyl groups is 1. The monoisotopic (exact) mass is 227 g/mol. The molecule has 0 radical (unpaired) electrons. The van der Waals surface area contributed by atoms with Crippen LogP contribution >= 0.6 is 0 Å². The van der Waals surface area contributed by atoms with Gasteiger partial charge in [-0.3, -0.25) is 4.90 Å². The molecule has 2 aliphatic heterocycles. The van der Waals surface area contributed by atoms with Gasteiger partial charge in [-0.2, -0.15) is 0 Å². The zero-order valence-electron chi connectivity index (χ0n) is 10.4. The minimum Gasteiger partial charge on any atom is -0.395 e. The summed E-state index contributed by atoms with van der Waals surface area (Å²) in [6.45, 7) is 11.7. The third-order valence-electron chi connectivity index (χ3n) is 3.94. The molecule has 2 rings (SSSR count). The van der Waals surface area contributed by atoms with Gasteiger partial charge in [0, 0.05) is 45.8 Å². The average molecular weight is 227 g/mol. The number of β-amino-alcohol motifs (C(OH)–C–C–N with tert-alkyl or cyclic N) is 1. The van der Waals surface area contributed by atoms with Crippen LogP contribution in [0.15, 0.2) is 0 Å². The fourth-order valence-corrected chi connectivity index (χ4v) is 2.86. The third kappa shape index (κ3) is 3.17. The van der Waals surface area contributed by atoms with E-state index in [1.165, 1.54) is 26.1 Å². The lowest BCUT2D eigenvalue weighted by atomic mass is 9.89. The van der Waals surface area contributed by atoms with Gasteiger partial charge in [0.05, 0.1) is 6.61 Å². The Balaban J connectivity index is 1.72. The first kappa shape index (κ1) is 12.3. The summed E-state index contributed by atoms with van der Waals surface area (Å²) >= 11 is 0. The van der Waals surface area contributed by atoms with Crippen molar-refractivity contribution in [2.75, 3.05) is 59.0 Å². The van der Waals surface area contributed by atoms with E-state index in [0.717, 1.165) is 32.7 Å². The topological polar surface area (TPSA) is 38.7 Å². The maximum atomic E-state index is 8.89. The third-order valence-corrected chi connectivity index (χ3v) is 3.94. The van der Waals surface area contributed by atoms with Crippen molar-refractivity contribution in [3.05, 3.63) is 0 Å². The lowest BCUT2D eigenvalue weighted by molar-refractivity contribution is 0.0856. The Bertz CT molecular complexity index is 208. The highest BCUT2D eigenvalue weighted by molar-refractivity contribution is 4.87. The summed E-state index contributed by atoms with van der Waals surface area (Å²) in [5, 5.41) is 12.4. The second-order valence-corrected chi connectivity index (χ2v) is 5.58. The summed E-state index contributed by atoms with van der Waals surface area (Å²) in [5.74, 6) is 0. The maximum absolute atomic E-state index is 8.89. The number of nitrogens with one attached hydrogen (secondary N) is 1. The molecule has 4 heteroatoms. The van der Waals surface area contributed by atoms with Crippen molar-refractivity contribution in [2.45, 2.75) is 13.3 Å². The molecule has 2 N–H and O–H groups in total. The van der Waals surface area contributed by atoms with E-state index in [-0.39, 0.29) is 0 Å². The zero-order chi connectivity index (χ0) is 11.4. The molecular formula is C12H25N3O. The van der Waals surface area contributed by atoms with Crippen molar-refractivity contribution in [3.63, 3.8) is 0 Å². The highest BCUT2D eigenvalue weighted by Gasteiger charge is 2.31. The highest BCUT2D eigenvalue weighted by atomic mass is 16.3. The minimum atomic E-state index is 0.293. The molecule has 2 fully saturated rings. The van der Waals surface area contributed by atoms with Crippen LogP contribution in [0.3, 0.4) is 0 Å². The van der Waals surface area contributed by atoms with Gasteiger partial charge in [0.1, 0.15) is 0 Å². The highest BCUT2D eigenvalue weighted by Crippen LogP contribution is 2.25.